The molecule has 5 rings (SSSR count). The molecule has 0 spiro atoms. The van der Waals surface area contributed by atoms with Gasteiger partial charge in [-0.15, -0.1) is 0 Å². The summed E-state index contributed by atoms with van der Waals surface area (Å²) in [7, 11) is 0. The van der Waals surface area contributed by atoms with Gasteiger partial charge in [0.25, 0.3) is 0 Å². The van der Waals surface area contributed by atoms with Crippen LogP contribution in [0.1, 0.15) is 29.2 Å². The van der Waals surface area contributed by atoms with Crippen LogP contribution in [0.2, 0.25) is 0 Å². The van der Waals surface area contributed by atoms with E-state index in [1.165, 1.54) is 28.0 Å². The van der Waals surface area contributed by atoms with Gasteiger partial charge in [0.1, 0.15) is 12.1 Å². The van der Waals surface area contributed by atoms with Gasteiger partial charge in [-0.2, -0.15) is 0 Å². The zero-order valence-electron chi connectivity index (χ0n) is 17.0. The third-order valence-electron chi connectivity index (χ3n) is 6.40. The van der Waals surface area contributed by atoms with Crippen molar-refractivity contribution in [3.63, 3.8) is 0 Å². The second-order valence-electron chi connectivity index (χ2n) is 8.03. The van der Waals surface area contributed by atoms with Crippen molar-refractivity contribution in [2.45, 2.75) is 25.2 Å². The van der Waals surface area contributed by atoms with E-state index in [2.05, 4.69) is 50.7 Å². The van der Waals surface area contributed by atoms with Crippen LogP contribution in [0, 0.1) is 0 Å². The van der Waals surface area contributed by atoms with E-state index in [0.29, 0.717) is 19.0 Å². The lowest BCUT2D eigenvalue weighted by Gasteiger charge is -2.37. The van der Waals surface area contributed by atoms with Gasteiger partial charge in [0, 0.05) is 55.2 Å². The monoisotopic (exact) mass is 399 g/mol. The second kappa shape index (κ2) is 7.86. The molecule has 3 aromatic rings. The van der Waals surface area contributed by atoms with Gasteiger partial charge in [-0.05, 0) is 42.2 Å². The predicted molar refractivity (Wildman–Crippen MR) is 118 cm³/mol. The number of piperazine rings is 1. The molecule has 0 bridgehead atoms. The van der Waals surface area contributed by atoms with Gasteiger partial charge >= 0.3 is 0 Å². The van der Waals surface area contributed by atoms with Gasteiger partial charge in [0.05, 0.1) is 0 Å². The van der Waals surface area contributed by atoms with Crippen LogP contribution < -0.4 is 4.90 Å². The number of nitrogens with zero attached hydrogens (tertiary/aromatic N) is 5. The lowest BCUT2D eigenvalue weighted by molar-refractivity contribution is -0.126. The summed E-state index contributed by atoms with van der Waals surface area (Å²) in [6.07, 6.45) is 9.99. The van der Waals surface area contributed by atoms with Crippen LogP contribution in [-0.2, 0) is 17.6 Å². The van der Waals surface area contributed by atoms with Crippen molar-refractivity contribution in [3.05, 3.63) is 72.5 Å². The summed E-state index contributed by atoms with van der Waals surface area (Å²) < 4.78 is 0. The molecule has 0 unspecified atom stereocenters. The molecule has 1 aliphatic heterocycles. The summed E-state index contributed by atoms with van der Waals surface area (Å²) >= 11 is 0. The lowest BCUT2D eigenvalue weighted by atomic mass is 9.81. The number of pyridine rings is 1. The standard InChI is InChI=1S/C24H25N5O/c1-2-23(30)28-9-11-29(12-10-28)24-20-8-7-17(13-22(20)26-16-27-24)21-15-25-14-18-5-3-4-6-19(18)21/h2-6,14-17H,1,7-13H2/t17-/m0/s1. The molecule has 6 heteroatoms. The van der Waals surface area contributed by atoms with Gasteiger partial charge < -0.3 is 9.80 Å². The van der Waals surface area contributed by atoms with E-state index in [4.69, 9.17) is 0 Å². The molecule has 1 atom stereocenters. The molecule has 1 saturated heterocycles. The largest absolute Gasteiger partial charge is 0.353 e. The number of carbonyl (C=O) groups excluding carboxylic acids is 1. The Morgan fingerprint density at radius 2 is 1.93 bits per heavy atom. The van der Waals surface area contributed by atoms with E-state index in [9.17, 15) is 4.79 Å². The molecule has 1 fully saturated rings. The molecular weight excluding hydrogens is 374 g/mol. The SMILES string of the molecule is C=CC(=O)N1CCN(c2ncnc3c2CC[C@H](c2cncc4ccccc24)C3)CC1. The Kier molecular flexibility index (Phi) is 4.91. The predicted octanol–water partition coefficient (Wildman–Crippen LogP) is 3.13. The highest BCUT2D eigenvalue weighted by atomic mass is 16.2. The molecule has 30 heavy (non-hydrogen) atoms. The Morgan fingerprint density at radius 1 is 1.10 bits per heavy atom. The Labute approximate surface area is 176 Å². The van der Waals surface area contributed by atoms with Crippen LogP contribution in [0.3, 0.4) is 0 Å². The van der Waals surface area contributed by atoms with Crippen LogP contribution in [0.25, 0.3) is 10.8 Å². The van der Waals surface area contributed by atoms with Crippen molar-refractivity contribution in [2.75, 3.05) is 31.1 Å². The van der Waals surface area contributed by atoms with Gasteiger partial charge in [0.2, 0.25) is 5.91 Å². The molecule has 3 heterocycles. The first kappa shape index (κ1) is 18.7. The Morgan fingerprint density at radius 3 is 2.77 bits per heavy atom. The maximum atomic E-state index is 11.9. The molecule has 1 aliphatic carbocycles. The summed E-state index contributed by atoms with van der Waals surface area (Å²) in [4.78, 5) is 29.8. The molecule has 1 aromatic carbocycles. The maximum absolute atomic E-state index is 11.9. The van der Waals surface area contributed by atoms with E-state index in [0.717, 1.165) is 43.9 Å². The minimum absolute atomic E-state index is 0.00547. The second-order valence-corrected chi connectivity index (χ2v) is 8.03. The van der Waals surface area contributed by atoms with Crippen molar-refractivity contribution in [3.8, 4) is 0 Å². The summed E-state index contributed by atoms with van der Waals surface area (Å²) in [5.74, 6) is 1.46. The highest BCUT2D eigenvalue weighted by molar-refractivity contribution is 5.87. The number of aromatic nitrogens is 3. The topological polar surface area (TPSA) is 62.2 Å². The fourth-order valence-corrected chi connectivity index (χ4v) is 4.80. The first-order valence-electron chi connectivity index (χ1n) is 10.6. The van der Waals surface area contributed by atoms with Crippen molar-refractivity contribution < 1.29 is 4.79 Å². The average Bonchev–Trinajstić information content (AvgIpc) is 2.82. The number of fused-ring (bicyclic) bond motifs is 2. The van der Waals surface area contributed by atoms with Crippen molar-refractivity contribution in [1.82, 2.24) is 19.9 Å². The Hall–Kier alpha value is -3.28. The van der Waals surface area contributed by atoms with Gasteiger partial charge in [-0.25, -0.2) is 9.97 Å². The number of benzene rings is 1. The van der Waals surface area contributed by atoms with Crippen LogP contribution in [0.5, 0.6) is 0 Å². The van der Waals surface area contributed by atoms with Crippen LogP contribution in [0.4, 0.5) is 5.82 Å². The van der Waals surface area contributed by atoms with Crippen LogP contribution in [0.15, 0.2) is 55.6 Å². The molecule has 0 saturated carbocycles. The van der Waals surface area contributed by atoms with Crippen molar-refractivity contribution >= 4 is 22.5 Å². The van der Waals surface area contributed by atoms with E-state index in [1.807, 2.05) is 17.3 Å². The average molecular weight is 399 g/mol. The normalized spacial score (nSPS) is 18.9. The van der Waals surface area contributed by atoms with E-state index >= 15 is 0 Å². The molecule has 2 aromatic heterocycles. The molecule has 1 amide bonds. The lowest BCUT2D eigenvalue weighted by Crippen LogP contribution is -2.49. The van der Waals surface area contributed by atoms with Gasteiger partial charge in [0.15, 0.2) is 0 Å². The number of hydrogen-bond donors (Lipinski definition) is 0. The smallest absolute Gasteiger partial charge is 0.246 e. The molecule has 0 N–H and O–H groups in total. The highest BCUT2D eigenvalue weighted by Gasteiger charge is 2.28. The van der Waals surface area contributed by atoms with Crippen molar-refractivity contribution in [1.29, 1.82) is 0 Å². The highest BCUT2D eigenvalue weighted by Crippen LogP contribution is 2.37. The van der Waals surface area contributed by atoms with Crippen LogP contribution in [-0.4, -0.2) is 51.9 Å². The third-order valence-corrected chi connectivity index (χ3v) is 6.40. The van der Waals surface area contributed by atoms with E-state index in [-0.39, 0.29) is 5.91 Å². The minimum Gasteiger partial charge on any atom is -0.353 e. The number of amides is 1. The number of rotatable bonds is 3. The summed E-state index contributed by atoms with van der Waals surface area (Å²) in [6.45, 7) is 6.58. The Balaban J connectivity index is 1.39. The van der Waals surface area contributed by atoms with Crippen LogP contribution >= 0.6 is 0 Å². The zero-order chi connectivity index (χ0) is 20.5. The zero-order valence-corrected chi connectivity index (χ0v) is 17.0. The van der Waals surface area contributed by atoms with Crippen molar-refractivity contribution in [2.24, 2.45) is 0 Å². The van der Waals surface area contributed by atoms with E-state index in [1.54, 1.807) is 6.33 Å². The number of anilines is 1. The molecule has 0 radical (unpaired) electrons. The summed E-state index contributed by atoms with van der Waals surface area (Å²) in [6, 6.07) is 8.47. The van der Waals surface area contributed by atoms with Gasteiger partial charge in [-0.1, -0.05) is 30.8 Å². The molecule has 152 valence electrons. The molecule has 2 aliphatic rings. The van der Waals surface area contributed by atoms with Gasteiger partial charge in [-0.3, -0.25) is 9.78 Å². The number of carbonyl (C=O) groups is 1. The molecule has 6 nitrogen and oxygen atoms in total. The quantitative estimate of drug-likeness (QED) is 0.633. The first-order chi connectivity index (χ1) is 14.7. The van der Waals surface area contributed by atoms with E-state index < -0.39 is 0 Å². The number of hydrogen-bond acceptors (Lipinski definition) is 5. The minimum atomic E-state index is 0.00547. The first-order valence-corrected chi connectivity index (χ1v) is 10.6. The maximum Gasteiger partial charge on any atom is 0.246 e. The Bertz CT molecular complexity index is 1100. The summed E-state index contributed by atoms with van der Waals surface area (Å²) in [5.41, 5.74) is 3.73. The fourth-order valence-electron chi connectivity index (χ4n) is 4.80. The molecular formula is C24H25N5O. The third kappa shape index (κ3) is 3.32. The fraction of sp³-hybridized carbons (Fsp3) is 0.333. The summed E-state index contributed by atoms with van der Waals surface area (Å²) in [5, 5.41) is 2.48.